The molecule has 2 saturated heterocycles. The molecule has 0 amide bonds. The second-order valence-corrected chi connectivity index (χ2v) is 7.19. The number of rotatable bonds is 4. The Hall–Kier alpha value is -2.54. The monoisotopic (exact) mass is 353 g/mol. The number of hydrogen-bond acceptors (Lipinski definition) is 6. The van der Waals surface area contributed by atoms with Crippen LogP contribution in [0.5, 0.6) is 0 Å². The van der Waals surface area contributed by atoms with Crippen LogP contribution in [0.25, 0.3) is 0 Å². The van der Waals surface area contributed by atoms with Gasteiger partial charge in [-0.1, -0.05) is 6.07 Å². The number of fused-ring (bicyclic) bond motifs is 1. The zero-order chi connectivity index (χ0) is 18.0. The highest BCUT2D eigenvalue weighted by Gasteiger charge is 2.53. The quantitative estimate of drug-likeness (QED) is 0.898. The smallest absolute Gasteiger partial charge is 0.313 e. The van der Waals surface area contributed by atoms with E-state index >= 15 is 0 Å². The summed E-state index contributed by atoms with van der Waals surface area (Å²) in [6, 6.07) is 4.01. The van der Waals surface area contributed by atoms with Gasteiger partial charge in [0.25, 0.3) is 0 Å². The Morgan fingerprint density at radius 2 is 2.12 bits per heavy atom. The Bertz CT molecular complexity index is 757. The van der Waals surface area contributed by atoms with Crippen molar-refractivity contribution < 1.29 is 9.90 Å². The fourth-order valence-corrected chi connectivity index (χ4v) is 4.49. The molecule has 0 unspecified atom stereocenters. The first-order chi connectivity index (χ1) is 12.7. The molecule has 1 N–H and O–H groups in total. The molecular weight excluding hydrogens is 330 g/mol. The van der Waals surface area contributed by atoms with E-state index in [-0.39, 0.29) is 6.04 Å². The summed E-state index contributed by atoms with van der Waals surface area (Å²) in [5, 5.41) is 10.2. The van der Waals surface area contributed by atoms with E-state index in [1.54, 1.807) is 24.8 Å². The summed E-state index contributed by atoms with van der Waals surface area (Å²) < 4.78 is 0. The second kappa shape index (κ2) is 6.99. The first kappa shape index (κ1) is 16.9. The predicted octanol–water partition coefficient (Wildman–Crippen LogP) is 1.82. The Kier molecular flexibility index (Phi) is 4.55. The van der Waals surface area contributed by atoms with E-state index < -0.39 is 11.4 Å². The van der Waals surface area contributed by atoms with E-state index in [1.165, 1.54) is 0 Å². The number of hydrogen-bond donors (Lipinski definition) is 1. The number of piperidine rings is 2. The van der Waals surface area contributed by atoms with E-state index in [1.807, 2.05) is 12.3 Å². The van der Waals surface area contributed by atoms with Crippen LogP contribution in [-0.4, -0.2) is 56.6 Å². The van der Waals surface area contributed by atoms with Crippen molar-refractivity contribution in [2.45, 2.75) is 31.8 Å². The van der Waals surface area contributed by atoms with Crippen LogP contribution in [0.2, 0.25) is 0 Å². The molecule has 2 atom stereocenters. The van der Waals surface area contributed by atoms with Gasteiger partial charge in [-0.2, -0.15) is 0 Å². The molecule has 136 valence electrons. The molecule has 0 radical (unpaired) electrons. The first-order valence-corrected chi connectivity index (χ1v) is 9.06. The number of carboxylic acids is 1. The van der Waals surface area contributed by atoms with Gasteiger partial charge in [0, 0.05) is 50.5 Å². The molecule has 2 aliphatic rings. The van der Waals surface area contributed by atoms with E-state index in [4.69, 9.17) is 0 Å². The molecule has 0 bridgehead atoms. The number of anilines is 1. The van der Waals surface area contributed by atoms with Gasteiger partial charge in [-0.05, 0) is 37.4 Å². The fraction of sp³-hybridized carbons (Fsp3) is 0.474. The lowest BCUT2D eigenvalue weighted by Crippen LogP contribution is -2.64. The number of pyridine rings is 1. The molecule has 0 aromatic carbocycles. The second-order valence-electron chi connectivity index (χ2n) is 7.19. The minimum Gasteiger partial charge on any atom is -0.481 e. The van der Waals surface area contributed by atoms with Crippen LogP contribution in [-0.2, 0) is 11.3 Å². The van der Waals surface area contributed by atoms with Gasteiger partial charge < -0.3 is 10.0 Å². The van der Waals surface area contributed by atoms with Gasteiger partial charge >= 0.3 is 5.97 Å². The molecule has 2 fully saturated rings. The van der Waals surface area contributed by atoms with E-state index in [9.17, 15) is 9.90 Å². The maximum Gasteiger partial charge on any atom is 0.313 e. The minimum absolute atomic E-state index is 0.0295. The van der Waals surface area contributed by atoms with Crippen molar-refractivity contribution in [2.24, 2.45) is 5.41 Å². The van der Waals surface area contributed by atoms with Crippen molar-refractivity contribution in [1.82, 2.24) is 19.9 Å². The van der Waals surface area contributed by atoms with Gasteiger partial charge in [-0.3, -0.25) is 19.7 Å². The Morgan fingerprint density at radius 3 is 2.85 bits per heavy atom. The largest absolute Gasteiger partial charge is 0.481 e. The number of likely N-dealkylation sites (tertiary alicyclic amines) is 1. The standard InChI is InChI=1S/C19H23N5O2/c25-18(26)19-5-2-9-23(13-15-3-1-6-20-11-15)16(19)4-10-24(14-19)17-12-21-7-8-22-17/h1,3,6-8,11-12,16H,2,4-5,9-10,13-14H2,(H,25,26)/t16-,19+/m1/s1. The van der Waals surface area contributed by atoms with Gasteiger partial charge in [0.1, 0.15) is 11.2 Å². The van der Waals surface area contributed by atoms with Crippen LogP contribution in [0, 0.1) is 5.41 Å². The van der Waals surface area contributed by atoms with Crippen molar-refractivity contribution in [1.29, 1.82) is 0 Å². The Morgan fingerprint density at radius 1 is 1.23 bits per heavy atom. The lowest BCUT2D eigenvalue weighted by atomic mass is 9.69. The first-order valence-electron chi connectivity index (χ1n) is 9.06. The lowest BCUT2D eigenvalue weighted by molar-refractivity contribution is -0.158. The van der Waals surface area contributed by atoms with E-state index in [0.717, 1.165) is 43.9 Å². The van der Waals surface area contributed by atoms with Crippen LogP contribution >= 0.6 is 0 Å². The summed E-state index contributed by atoms with van der Waals surface area (Å²) in [6.07, 6.45) is 11.0. The van der Waals surface area contributed by atoms with Gasteiger partial charge in [-0.15, -0.1) is 0 Å². The summed E-state index contributed by atoms with van der Waals surface area (Å²) in [4.78, 5) is 29.5. The van der Waals surface area contributed by atoms with E-state index in [2.05, 4.69) is 30.8 Å². The highest BCUT2D eigenvalue weighted by atomic mass is 16.4. The van der Waals surface area contributed by atoms with Crippen molar-refractivity contribution in [3.63, 3.8) is 0 Å². The maximum absolute atomic E-state index is 12.4. The summed E-state index contributed by atoms with van der Waals surface area (Å²) in [7, 11) is 0. The van der Waals surface area contributed by atoms with Crippen LogP contribution in [0.3, 0.4) is 0 Å². The molecule has 0 saturated carbocycles. The van der Waals surface area contributed by atoms with Gasteiger partial charge in [0.05, 0.1) is 6.20 Å². The molecule has 2 aromatic rings. The Balaban J connectivity index is 1.60. The normalized spacial score (nSPS) is 26.3. The molecule has 26 heavy (non-hydrogen) atoms. The van der Waals surface area contributed by atoms with Crippen molar-refractivity contribution in [3.8, 4) is 0 Å². The SMILES string of the molecule is O=C(O)[C@]12CCCN(Cc3cccnc3)[C@@H]1CCN(c1cnccn1)C2. The molecule has 0 spiro atoms. The topological polar surface area (TPSA) is 82.5 Å². The molecule has 7 heteroatoms. The summed E-state index contributed by atoms with van der Waals surface area (Å²) in [5.74, 6) is 0.0583. The third-order valence-electron chi connectivity index (χ3n) is 5.70. The zero-order valence-corrected chi connectivity index (χ0v) is 14.7. The Labute approximate surface area is 152 Å². The number of carboxylic acid groups (broad SMARTS) is 1. The summed E-state index contributed by atoms with van der Waals surface area (Å²) in [5.41, 5.74) is 0.362. The van der Waals surface area contributed by atoms with Gasteiger partial charge in [0.2, 0.25) is 0 Å². The number of aliphatic carboxylic acids is 1. The average Bonchev–Trinajstić information content (AvgIpc) is 2.69. The number of nitrogens with zero attached hydrogens (tertiary/aromatic N) is 5. The molecule has 0 aliphatic carbocycles. The summed E-state index contributed by atoms with van der Waals surface area (Å²) >= 11 is 0. The molecule has 4 heterocycles. The molecule has 2 aliphatic heterocycles. The third-order valence-corrected chi connectivity index (χ3v) is 5.70. The molecule has 7 nitrogen and oxygen atoms in total. The fourth-order valence-electron chi connectivity index (χ4n) is 4.49. The number of aromatic nitrogens is 3. The van der Waals surface area contributed by atoms with Crippen molar-refractivity contribution in [3.05, 3.63) is 48.7 Å². The lowest BCUT2D eigenvalue weighted by Gasteiger charge is -2.53. The van der Waals surface area contributed by atoms with Crippen molar-refractivity contribution in [2.75, 3.05) is 24.5 Å². The van der Waals surface area contributed by atoms with Gasteiger partial charge in [0.15, 0.2) is 0 Å². The van der Waals surface area contributed by atoms with Gasteiger partial charge in [-0.25, -0.2) is 4.98 Å². The van der Waals surface area contributed by atoms with Crippen LogP contribution in [0.4, 0.5) is 5.82 Å². The summed E-state index contributed by atoms with van der Waals surface area (Å²) in [6.45, 7) is 2.95. The zero-order valence-electron chi connectivity index (χ0n) is 14.7. The van der Waals surface area contributed by atoms with Crippen LogP contribution in [0.1, 0.15) is 24.8 Å². The molecule has 2 aromatic heterocycles. The highest BCUT2D eigenvalue weighted by Crippen LogP contribution is 2.43. The minimum atomic E-state index is -0.768. The molecular formula is C19H23N5O2. The number of carbonyl (C=O) groups is 1. The predicted molar refractivity (Wildman–Crippen MR) is 96.6 cm³/mol. The average molecular weight is 353 g/mol. The highest BCUT2D eigenvalue weighted by molar-refractivity contribution is 5.77. The van der Waals surface area contributed by atoms with Crippen LogP contribution < -0.4 is 4.90 Å². The third kappa shape index (κ3) is 3.03. The van der Waals surface area contributed by atoms with Crippen molar-refractivity contribution >= 4 is 11.8 Å². The maximum atomic E-state index is 12.4. The van der Waals surface area contributed by atoms with Crippen LogP contribution in [0.15, 0.2) is 43.1 Å². The van der Waals surface area contributed by atoms with E-state index in [0.29, 0.717) is 13.0 Å². The molecule has 4 rings (SSSR count).